The van der Waals surface area contributed by atoms with Crippen LogP contribution >= 0.6 is 0 Å². The number of hydrogen-bond acceptors (Lipinski definition) is 5. The minimum atomic E-state index is -1.18. The molecule has 1 unspecified atom stereocenters. The van der Waals surface area contributed by atoms with Crippen LogP contribution in [0.2, 0.25) is 0 Å². The van der Waals surface area contributed by atoms with Gasteiger partial charge in [0.05, 0.1) is 4.92 Å². The first-order valence-electron chi connectivity index (χ1n) is 7.55. The van der Waals surface area contributed by atoms with Gasteiger partial charge in [-0.3, -0.25) is 14.9 Å². The Balaban J connectivity index is 1.96. The molecule has 0 radical (unpaired) electrons. The quantitative estimate of drug-likeness (QED) is 0.370. The molecule has 0 aromatic heterocycles. The molecular formula is C18H15FN2O5. The lowest BCUT2D eigenvalue weighted by Gasteiger charge is -2.12. The normalized spacial score (nSPS) is 11.8. The van der Waals surface area contributed by atoms with Gasteiger partial charge in [-0.15, -0.1) is 0 Å². The lowest BCUT2D eigenvalue weighted by molar-refractivity contribution is -0.383. The Bertz CT molecular complexity index is 866. The lowest BCUT2D eigenvalue weighted by atomic mass is 10.2. The van der Waals surface area contributed by atoms with Crippen molar-refractivity contribution in [3.63, 3.8) is 0 Å². The summed E-state index contributed by atoms with van der Waals surface area (Å²) in [5.74, 6) is -1.97. The van der Waals surface area contributed by atoms with Crippen LogP contribution < -0.4 is 5.32 Å². The van der Waals surface area contributed by atoms with Gasteiger partial charge in [-0.2, -0.15) is 0 Å². The van der Waals surface area contributed by atoms with Crippen molar-refractivity contribution in [3.05, 3.63) is 76.1 Å². The number of anilines is 1. The molecular weight excluding hydrogens is 343 g/mol. The predicted molar refractivity (Wildman–Crippen MR) is 92.7 cm³/mol. The highest BCUT2D eigenvalue weighted by Gasteiger charge is 2.20. The van der Waals surface area contributed by atoms with Gasteiger partial charge in [0.2, 0.25) is 0 Å². The molecule has 0 aliphatic carbocycles. The van der Waals surface area contributed by atoms with E-state index in [0.29, 0.717) is 5.56 Å². The van der Waals surface area contributed by atoms with Gasteiger partial charge in [0.1, 0.15) is 11.5 Å². The van der Waals surface area contributed by atoms with E-state index in [1.54, 1.807) is 6.07 Å². The number of amides is 1. The van der Waals surface area contributed by atoms with E-state index in [2.05, 4.69) is 5.32 Å². The van der Waals surface area contributed by atoms with Gasteiger partial charge in [-0.1, -0.05) is 24.3 Å². The van der Waals surface area contributed by atoms with E-state index < -0.39 is 28.7 Å². The number of hydrogen-bond donors (Lipinski definition) is 1. The second kappa shape index (κ2) is 8.52. The van der Waals surface area contributed by atoms with Gasteiger partial charge >= 0.3 is 5.97 Å². The van der Waals surface area contributed by atoms with Gasteiger partial charge in [0, 0.05) is 12.1 Å². The molecule has 2 aromatic rings. The second-order valence-corrected chi connectivity index (χ2v) is 5.23. The van der Waals surface area contributed by atoms with Crippen LogP contribution in [0.1, 0.15) is 12.5 Å². The summed E-state index contributed by atoms with van der Waals surface area (Å²) < 4.78 is 18.0. The largest absolute Gasteiger partial charge is 0.449 e. The number of halogens is 1. The topological polar surface area (TPSA) is 98.5 Å². The van der Waals surface area contributed by atoms with Crippen molar-refractivity contribution in [3.8, 4) is 0 Å². The molecule has 26 heavy (non-hydrogen) atoms. The van der Waals surface area contributed by atoms with E-state index in [1.165, 1.54) is 55.5 Å². The first kappa shape index (κ1) is 18.8. The zero-order chi connectivity index (χ0) is 19.1. The fourth-order valence-electron chi connectivity index (χ4n) is 2.01. The summed E-state index contributed by atoms with van der Waals surface area (Å²) in [6.07, 6.45) is 1.22. The first-order chi connectivity index (χ1) is 12.4. The number of carbonyl (C=O) groups excluding carboxylic acids is 2. The van der Waals surface area contributed by atoms with E-state index in [-0.39, 0.29) is 11.4 Å². The zero-order valence-corrected chi connectivity index (χ0v) is 13.7. The molecule has 8 heteroatoms. The first-order valence-corrected chi connectivity index (χ1v) is 7.55. The molecule has 0 heterocycles. The number of nitro groups is 1. The molecule has 1 amide bonds. The van der Waals surface area contributed by atoms with Crippen LogP contribution in [0.25, 0.3) is 6.08 Å². The summed E-state index contributed by atoms with van der Waals surface area (Å²) in [6, 6.07) is 11.2. The zero-order valence-electron chi connectivity index (χ0n) is 13.7. The van der Waals surface area contributed by atoms with Crippen molar-refractivity contribution in [2.24, 2.45) is 0 Å². The molecule has 7 nitrogen and oxygen atoms in total. The summed E-state index contributed by atoms with van der Waals surface area (Å²) in [4.78, 5) is 34.1. The Morgan fingerprint density at radius 2 is 1.96 bits per heavy atom. The molecule has 1 N–H and O–H groups in total. The van der Waals surface area contributed by atoms with E-state index >= 15 is 0 Å². The average molecular weight is 358 g/mol. The van der Waals surface area contributed by atoms with Crippen molar-refractivity contribution >= 4 is 29.3 Å². The second-order valence-electron chi connectivity index (χ2n) is 5.23. The van der Waals surface area contributed by atoms with Gasteiger partial charge in [0.25, 0.3) is 11.6 Å². The smallest absolute Gasteiger partial charge is 0.331 e. The highest BCUT2D eigenvalue weighted by atomic mass is 19.1. The molecule has 1 atom stereocenters. The van der Waals surface area contributed by atoms with Crippen molar-refractivity contribution in [1.82, 2.24) is 0 Å². The van der Waals surface area contributed by atoms with Crippen LogP contribution in [0.4, 0.5) is 15.8 Å². The summed E-state index contributed by atoms with van der Waals surface area (Å²) in [5, 5.41) is 13.3. The van der Waals surface area contributed by atoms with Crippen molar-refractivity contribution in [1.29, 1.82) is 0 Å². The predicted octanol–water partition coefficient (Wildman–Crippen LogP) is 3.32. The van der Waals surface area contributed by atoms with Gasteiger partial charge < -0.3 is 10.1 Å². The third-order valence-electron chi connectivity index (χ3n) is 3.28. The summed E-state index contributed by atoms with van der Waals surface area (Å²) in [5.41, 5.74) is 0.185. The van der Waals surface area contributed by atoms with E-state index in [0.717, 1.165) is 6.08 Å². The molecule has 134 valence electrons. The number of esters is 1. The van der Waals surface area contributed by atoms with Crippen LogP contribution in [0.5, 0.6) is 0 Å². The molecule has 0 aliphatic heterocycles. The highest BCUT2D eigenvalue weighted by molar-refractivity contribution is 5.98. The van der Waals surface area contributed by atoms with Gasteiger partial charge in [-0.25, -0.2) is 9.18 Å². The highest BCUT2D eigenvalue weighted by Crippen LogP contribution is 2.23. The van der Waals surface area contributed by atoms with Crippen molar-refractivity contribution < 1.29 is 23.6 Å². The number of para-hydroxylation sites is 2. The maximum Gasteiger partial charge on any atom is 0.331 e. The third-order valence-corrected chi connectivity index (χ3v) is 3.28. The Hall–Kier alpha value is -3.55. The Kier molecular flexibility index (Phi) is 6.15. The fourth-order valence-corrected chi connectivity index (χ4v) is 2.01. The minimum Gasteiger partial charge on any atom is -0.449 e. The average Bonchev–Trinajstić information content (AvgIpc) is 2.60. The van der Waals surface area contributed by atoms with E-state index in [4.69, 9.17) is 4.74 Å². The standard InChI is InChI=1S/C18H15FN2O5/c1-12(18(23)20-15-7-2-3-8-16(15)21(24)25)26-17(22)10-9-13-5-4-6-14(19)11-13/h2-12H,1H3,(H,20,23)/b10-9+. The molecule has 0 saturated carbocycles. The number of nitro benzene ring substituents is 1. The van der Waals surface area contributed by atoms with Crippen LogP contribution in [0.3, 0.4) is 0 Å². The van der Waals surface area contributed by atoms with Crippen molar-refractivity contribution in [2.45, 2.75) is 13.0 Å². The maximum atomic E-state index is 13.1. The minimum absolute atomic E-state index is 0.000650. The van der Waals surface area contributed by atoms with Crippen LogP contribution in [0.15, 0.2) is 54.6 Å². The van der Waals surface area contributed by atoms with Crippen LogP contribution in [-0.4, -0.2) is 22.9 Å². The van der Waals surface area contributed by atoms with E-state index in [9.17, 15) is 24.1 Å². The Morgan fingerprint density at radius 1 is 1.23 bits per heavy atom. The SMILES string of the molecule is CC(OC(=O)/C=C/c1cccc(F)c1)C(=O)Nc1ccccc1[N+](=O)[O-]. The lowest BCUT2D eigenvalue weighted by Crippen LogP contribution is -2.29. The number of ether oxygens (including phenoxy) is 1. The summed E-state index contributed by atoms with van der Waals surface area (Å²) >= 11 is 0. The molecule has 2 rings (SSSR count). The van der Waals surface area contributed by atoms with Crippen LogP contribution in [0, 0.1) is 15.9 Å². The number of rotatable bonds is 6. The fraction of sp³-hybridized carbons (Fsp3) is 0.111. The van der Waals surface area contributed by atoms with E-state index in [1.807, 2.05) is 0 Å². The van der Waals surface area contributed by atoms with Crippen LogP contribution in [-0.2, 0) is 14.3 Å². The number of nitrogens with one attached hydrogen (secondary N) is 1. The number of benzene rings is 2. The number of nitrogens with zero attached hydrogens (tertiary/aromatic N) is 1. The Labute approximate surface area is 148 Å². The van der Waals surface area contributed by atoms with Gasteiger partial charge in [-0.05, 0) is 36.8 Å². The van der Waals surface area contributed by atoms with Crippen molar-refractivity contribution in [2.75, 3.05) is 5.32 Å². The molecule has 0 saturated heterocycles. The molecule has 0 spiro atoms. The van der Waals surface area contributed by atoms with Gasteiger partial charge in [0.15, 0.2) is 6.10 Å². The summed E-state index contributed by atoms with van der Waals surface area (Å²) in [7, 11) is 0. The molecule has 0 bridgehead atoms. The number of carbonyl (C=O) groups is 2. The summed E-state index contributed by atoms with van der Waals surface area (Å²) in [6.45, 7) is 1.33. The maximum absolute atomic E-state index is 13.1. The third kappa shape index (κ3) is 5.23. The molecule has 2 aromatic carbocycles. The molecule has 0 fully saturated rings. The monoisotopic (exact) mass is 358 g/mol. The Morgan fingerprint density at radius 3 is 2.65 bits per heavy atom. The molecule has 0 aliphatic rings.